The second kappa shape index (κ2) is 6.71. The molecule has 0 fully saturated rings. The van der Waals surface area contributed by atoms with Crippen LogP contribution in [0.4, 0.5) is 4.39 Å². The van der Waals surface area contributed by atoms with Crippen molar-refractivity contribution in [2.24, 2.45) is 5.92 Å². The molecule has 0 unspecified atom stereocenters. The first-order valence-electron chi connectivity index (χ1n) is 6.58. The highest BCUT2D eigenvalue weighted by molar-refractivity contribution is 9.10. The van der Waals surface area contributed by atoms with E-state index >= 15 is 0 Å². The average Bonchev–Trinajstić information content (AvgIpc) is 2.38. The third-order valence-electron chi connectivity index (χ3n) is 2.96. The van der Waals surface area contributed by atoms with Gasteiger partial charge in [-0.05, 0) is 46.0 Å². The van der Waals surface area contributed by atoms with Crippen molar-refractivity contribution in [3.05, 3.63) is 60.9 Å². The Hall–Kier alpha value is -1.20. The predicted molar refractivity (Wildman–Crippen MR) is 85.3 cm³/mol. The van der Waals surface area contributed by atoms with Gasteiger partial charge in [-0.2, -0.15) is 0 Å². The Bertz CT molecular complexity index is 715. The minimum Gasteiger partial charge on any atom is -0.309 e. The van der Waals surface area contributed by atoms with E-state index in [4.69, 9.17) is 11.6 Å². The molecule has 21 heavy (non-hydrogen) atoms. The summed E-state index contributed by atoms with van der Waals surface area (Å²) in [5.74, 6) is 0.520. The van der Waals surface area contributed by atoms with Gasteiger partial charge in [0.25, 0.3) is 5.56 Å². The molecule has 2 rings (SSSR count). The van der Waals surface area contributed by atoms with Crippen LogP contribution in [0.5, 0.6) is 0 Å². The number of nitrogens with one attached hydrogen (secondary N) is 1. The zero-order valence-electron chi connectivity index (χ0n) is 11.7. The molecule has 2 aromatic rings. The van der Waals surface area contributed by atoms with E-state index in [1.165, 1.54) is 12.1 Å². The molecular formula is C15H15BrClFN2O. The van der Waals surface area contributed by atoms with Gasteiger partial charge in [0, 0.05) is 11.4 Å². The van der Waals surface area contributed by atoms with Crippen LogP contribution in [0.3, 0.4) is 0 Å². The van der Waals surface area contributed by atoms with Gasteiger partial charge in [0.15, 0.2) is 0 Å². The molecule has 0 bridgehead atoms. The SMILES string of the molecule is CC(C)Cc1nc(Cc2ccc(F)cc2Cl)[nH]c(=O)c1Br. The first-order valence-corrected chi connectivity index (χ1v) is 7.75. The zero-order chi connectivity index (χ0) is 15.6. The maximum absolute atomic E-state index is 13.0. The number of hydrogen-bond acceptors (Lipinski definition) is 2. The summed E-state index contributed by atoms with van der Waals surface area (Å²) < 4.78 is 13.5. The van der Waals surface area contributed by atoms with Crippen LogP contribution in [0.1, 0.15) is 30.9 Å². The molecule has 0 aliphatic rings. The van der Waals surface area contributed by atoms with E-state index in [2.05, 4.69) is 39.7 Å². The molecule has 0 aliphatic heterocycles. The molecule has 0 amide bonds. The van der Waals surface area contributed by atoms with Crippen molar-refractivity contribution in [2.45, 2.75) is 26.7 Å². The number of nitrogens with zero attached hydrogens (tertiary/aromatic N) is 1. The fourth-order valence-electron chi connectivity index (χ4n) is 2.01. The Kier molecular flexibility index (Phi) is 5.17. The normalized spacial score (nSPS) is 11.1. The largest absolute Gasteiger partial charge is 0.309 e. The standard InChI is InChI=1S/C15H15BrClFN2O/c1-8(2)5-12-14(16)15(21)20-13(19-12)6-9-3-4-10(18)7-11(9)17/h3-4,7-8H,5-6H2,1-2H3,(H,19,20,21). The van der Waals surface area contributed by atoms with Gasteiger partial charge in [-0.3, -0.25) is 4.79 Å². The van der Waals surface area contributed by atoms with Crippen molar-refractivity contribution in [2.75, 3.05) is 0 Å². The van der Waals surface area contributed by atoms with Crippen LogP contribution in [0, 0.1) is 11.7 Å². The maximum atomic E-state index is 13.0. The summed E-state index contributed by atoms with van der Waals surface area (Å²) in [5, 5.41) is 0.325. The van der Waals surface area contributed by atoms with Gasteiger partial charge in [-0.15, -0.1) is 0 Å². The number of aromatic amines is 1. The summed E-state index contributed by atoms with van der Waals surface area (Å²) in [4.78, 5) is 19.1. The smallest absolute Gasteiger partial charge is 0.265 e. The molecule has 0 atom stereocenters. The molecule has 112 valence electrons. The van der Waals surface area contributed by atoms with Crippen molar-refractivity contribution >= 4 is 27.5 Å². The highest BCUT2D eigenvalue weighted by Gasteiger charge is 2.12. The van der Waals surface area contributed by atoms with E-state index in [-0.39, 0.29) is 11.4 Å². The minimum absolute atomic E-state index is 0.214. The lowest BCUT2D eigenvalue weighted by atomic mass is 10.1. The summed E-state index contributed by atoms with van der Waals surface area (Å²) in [6.07, 6.45) is 1.06. The monoisotopic (exact) mass is 372 g/mol. The number of H-pyrrole nitrogens is 1. The van der Waals surface area contributed by atoms with Crippen LogP contribution in [0.25, 0.3) is 0 Å². The van der Waals surface area contributed by atoms with Gasteiger partial charge >= 0.3 is 0 Å². The first kappa shape index (κ1) is 16.2. The maximum Gasteiger partial charge on any atom is 0.265 e. The molecule has 1 aromatic carbocycles. The van der Waals surface area contributed by atoms with E-state index in [0.717, 1.165) is 11.3 Å². The summed E-state index contributed by atoms with van der Waals surface area (Å²) in [6, 6.07) is 4.19. The van der Waals surface area contributed by atoms with Gasteiger partial charge < -0.3 is 4.98 Å². The van der Waals surface area contributed by atoms with E-state index in [1.807, 2.05) is 0 Å². The molecule has 1 N–H and O–H groups in total. The van der Waals surface area contributed by atoms with Crippen molar-refractivity contribution in [1.82, 2.24) is 9.97 Å². The number of aromatic nitrogens is 2. The molecule has 1 aromatic heterocycles. The Labute approximate surface area is 135 Å². The summed E-state index contributed by atoms with van der Waals surface area (Å²) in [5.41, 5.74) is 1.23. The molecule has 6 heteroatoms. The Morgan fingerprint density at radius 2 is 2.14 bits per heavy atom. The van der Waals surface area contributed by atoms with E-state index < -0.39 is 0 Å². The molecular weight excluding hydrogens is 359 g/mol. The van der Waals surface area contributed by atoms with Gasteiger partial charge in [-0.1, -0.05) is 31.5 Å². The molecule has 0 aliphatic carbocycles. The molecule has 0 radical (unpaired) electrons. The first-order chi connectivity index (χ1) is 9.86. The Balaban J connectivity index is 2.36. The second-order valence-corrected chi connectivity index (χ2v) is 6.48. The van der Waals surface area contributed by atoms with Crippen LogP contribution in [0.2, 0.25) is 5.02 Å². The second-order valence-electron chi connectivity index (χ2n) is 5.28. The molecule has 1 heterocycles. The highest BCUT2D eigenvalue weighted by Crippen LogP contribution is 2.20. The van der Waals surface area contributed by atoms with Crippen molar-refractivity contribution in [3.63, 3.8) is 0 Å². The lowest BCUT2D eigenvalue weighted by molar-refractivity contribution is 0.625. The Morgan fingerprint density at radius 3 is 2.76 bits per heavy atom. The van der Waals surface area contributed by atoms with E-state index in [0.29, 0.717) is 34.1 Å². The van der Waals surface area contributed by atoms with Gasteiger partial charge in [0.1, 0.15) is 16.1 Å². The number of benzene rings is 1. The van der Waals surface area contributed by atoms with E-state index in [1.54, 1.807) is 6.07 Å². The van der Waals surface area contributed by atoms with Crippen LogP contribution in [0.15, 0.2) is 27.5 Å². The fraction of sp³-hybridized carbons (Fsp3) is 0.333. The topological polar surface area (TPSA) is 45.8 Å². The molecule has 0 saturated carbocycles. The highest BCUT2D eigenvalue weighted by atomic mass is 79.9. The molecule has 0 spiro atoms. The van der Waals surface area contributed by atoms with Crippen LogP contribution in [-0.2, 0) is 12.8 Å². The molecule has 0 saturated heterocycles. The number of halogens is 3. The van der Waals surface area contributed by atoms with Crippen molar-refractivity contribution in [1.29, 1.82) is 0 Å². The number of hydrogen-bond donors (Lipinski definition) is 1. The van der Waals surface area contributed by atoms with Gasteiger partial charge in [-0.25, -0.2) is 9.37 Å². The summed E-state index contributed by atoms with van der Waals surface area (Å²) in [7, 11) is 0. The van der Waals surface area contributed by atoms with Crippen molar-refractivity contribution in [3.8, 4) is 0 Å². The predicted octanol–water partition coefficient (Wildman–Crippen LogP) is 4.11. The van der Waals surface area contributed by atoms with Crippen LogP contribution < -0.4 is 5.56 Å². The van der Waals surface area contributed by atoms with Gasteiger partial charge in [0.05, 0.1) is 5.69 Å². The quantitative estimate of drug-likeness (QED) is 0.876. The lowest BCUT2D eigenvalue weighted by Crippen LogP contribution is -2.17. The lowest BCUT2D eigenvalue weighted by Gasteiger charge is -2.09. The average molecular weight is 374 g/mol. The third kappa shape index (κ3) is 4.14. The third-order valence-corrected chi connectivity index (χ3v) is 4.12. The van der Waals surface area contributed by atoms with Gasteiger partial charge in [0.2, 0.25) is 0 Å². The minimum atomic E-state index is -0.387. The molecule has 3 nitrogen and oxygen atoms in total. The fourth-order valence-corrected chi connectivity index (χ4v) is 2.59. The van der Waals surface area contributed by atoms with Crippen LogP contribution >= 0.6 is 27.5 Å². The van der Waals surface area contributed by atoms with E-state index in [9.17, 15) is 9.18 Å². The van der Waals surface area contributed by atoms with Crippen LogP contribution in [-0.4, -0.2) is 9.97 Å². The Morgan fingerprint density at radius 1 is 1.43 bits per heavy atom. The summed E-state index contributed by atoms with van der Waals surface area (Å²) in [6.45, 7) is 4.12. The zero-order valence-corrected chi connectivity index (χ0v) is 14.1. The van der Waals surface area contributed by atoms with Crippen molar-refractivity contribution < 1.29 is 4.39 Å². The summed E-state index contributed by atoms with van der Waals surface area (Å²) >= 11 is 9.28. The number of rotatable bonds is 4.